The topological polar surface area (TPSA) is 176 Å². The zero-order valence-electron chi connectivity index (χ0n) is 21.1. The summed E-state index contributed by atoms with van der Waals surface area (Å²) in [6.07, 6.45) is 2.88. The zero-order chi connectivity index (χ0) is 26.6. The van der Waals surface area contributed by atoms with Crippen LogP contribution in [0.2, 0.25) is 0 Å². The van der Waals surface area contributed by atoms with E-state index in [-0.39, 0.29) is 55.2 Å². The molecule has 38 heavy (non-hydrogen) atoms. The Labute approximate surface area is 248 Å². The van der Waals surface area contributed by atoms with Crippen LogP contribution in [0.1, 0.15) is 5.69 Å². The maximum atomic E-state index is 11.4. The van der Waals surface area contributed by atoms with Gasteiger partial charge in [0.05, 0.1) is 37.2 Å². The van der Waals surface area contributed by atoms with Gasteiger partial charge in [-0.2, -0.15) is 5.10 Å². The van der Waals surface area contributed by atoms with Crippen LogP contribution in [-0.4, -0.2) is 145 Å². The van der Waals surface area contributed by atoms with Gasteiger partial charge in [0.25, 0.3) is 0 Å². The summed E-state index contributed by atoms with van der Waals surface area (Å²) >= 11 is 0. The molecule has 0 saturated carbocycles. The third-order valence-electron chi connectivity index (χ3n) is 5.96. The normalized spacial score (nSPS) is 17.1. The van der Waals surface area contributed by atoms with Crippen LogP contribution in [0.25, 0.3) is 11.4 Å². The summed E-state index contributed by atoms with van der Waals surface area (Å²) in [5.74, 6) is -2.90. The molecule has 3 heterocycles. The number of rotatable bonds is 9. The van der Waals surface area contributed by atoms with Crippen molar-refractivity contribution >= 4 is 17.9 Å². The van der Waals surface area contributed by atoms with Gasteiger partial charge < -0.3 is 15.3 Å². The van der Waals surface area contributed by atoms with E-state index >= 15 is 0 Å². The van der Waals surface area contributed by atoms with Crippen LogP contribution < -0.4 is 0 Å². The number of nitrogens with zero attached hydrogens (tertiary/aromatic N) is 8. The molecule has 0 spiro atoms. The average Bonchev–Trinajstić information content (AvgIpc) is 2.85. The minimum atomic E-state index is -0.986. The minimum Gasteiger partial charge on any atom is -0.480 e. The quantitative estimate of drug-likeness (QED) is 0.297. The fourth-order valence-corrected chi connectivity index (χ4v) is 4.10. The second kappa shape index (κ2) is 16.5. The summed E-state index contributed by atoms with van der Waals surface area (Å²) in [5.41, 5.74) is 2.03. The second-order valence-electron chi connectivity index (χ2n) is 8.79. The SMILES string of the molecule is O=C(O)CN1CCN(CC(=O)O)CCN(Cc2cccc(-c3cnncn3)n2)CCN(CC(=O)O)CC1.[La]. The Hall–Kier alpha value is -2.40. The molecule has 2 aromatic rings. The van der Waals surface area contributed by atoms with Gasteiger partial charge >= 0.3 is 17.9 Å². The van der Waals surface area contributed by atoms with Gasteiger partial charge in [-0.05, 0) is 12.1 Å². The predicted molar refractivity (Wildman–Crippen MR) is 131 cm³/mol. The van der Waals surface area contributed by atoms with Gasteiger partial charge in [-0.25, -0.2) is 9.97 Å². The summed E-state index contributed by atoms with van der Waals surface area (Å²) in [5, 5.41) is 35.5. The Morgan fingerprint density at radius 1 is 0.684 bits per heavy atom. The number of carbonyl (C=O) groups is 3. The van der Waals surface area contributed by atoms with E-state index in [9.17, 15) is 29.7 Å². The van der Waals surface area contributed by atoms with Gasteiger partial charge in [0.1, 0.15) is 12.0 Å². The number of hydrogen-bond donors (Lipinski definition) is 3. The monoisotopic (exact) mass is 655 g/mol. The van der Waals surface area contributed by atoms with Crippen LogP contribution in [0.5, 0.6) is 0 Å². The van der Waals surface area contributed by atoms with Crippen LogP contribution in [0.3, 0.4) is 0 Å². The van der Waals surface area contributed by atoms with Crippen molar-refractivity contribution in [3.05, 3.63) is 36.4 Å². The fraction of sp³-hybridized carbons (Fsp3) is 0.522. The number of pyridine rings is 1. The summed E-state index contributed by atoms with van der Waals surface area (Å²) in [7, 11) is 0. The first-order valence-electron chi connectivity index (χ1n) is 11.9. The molecule has 3 rings (SSSR count). The molecule has 14 nitrogen and oxygen atoms in total. The van der Waals surface area contributed by atoms with Crippen LogP contribution in [0, 0.1) is 35.6 Å². The summed E-state index contributed by atoms with van der Waals surface area (Å²) in [6, 6.07) is 5.60. The minimum absolute atomic E-state index is 0. The van der Waals surface area contributed by atoms with Crippen molar-refractivity contribution in [1.82, 2.24) is 39.8 Å². The molecular weight excluding hydrogens is 623 g/mol. The van der Waals surface area contributed by atoms with Crippen molar-refractivity contribution in [2.24, 2.45) is 0 Å². The van der Waals surface area contributed by atoms with E-state index in [1.807, 2.05) is 18.2 Å². The van der Waals surface area contributed by atoms with Gasteiger partial charge in [-0.3, -0.25) is 34.0 Å². The van der Waals surface area contributed by atoms with Gasteiger partial charge in [-0.1, -0.05) is 6.07 Å². The Morgan fingerprint density at radius 2 is 1.16 bits per heavy atom. The smallest absolute Gasteiger partial charge is 0.317 e. The maximum absolute atomic E-state index is 11.4. The number of aromatic nitrogens is 4. The van der Waals surface area contributed by atoms with Gasteiger partial charge in [0, 0.05) is 94.5 Å². The standard InChI is InChI=1S/C23H32N8O6.La/c32-21(33)14-29-6-4-28(13-18-2-1-3-19(27-18)20-12-25-26-17-24-20)5-7-30(15-22(34)35)9-11-31(10-8-29)16-23(36)37;/h1-3,12,17H,4-11,13-16H2,(H,32,33)(H,34,35)(H,36,37);. The van der Waals surface area contributed by atoms with Crippen LogP contribution >= 0.6 is 0 Å². The largest absolute Gasteiger partial charge is 0.480 e. The summed E-state index contributed by atoms with van der Waals surface area (Å²) < 4.78 is 0. The number of aliphatic carboxylic acids is 3. The molecule has 203 valence electrons. The van der Waals surface area contributed by atoms with E-state index in [1.54, 1.807) is 14.7 Å². The maximum Gasteiger partial charge on any atom is 0.317 e. The van der Waals surface area contributed by atoms with Crippen molar-refractivity contribution in [3.8, 4) is 11.4 Å². The van der Waals surface area contributed by atoms with Crippen LogP contribution in [-0.2, 0) is 20.9 Å². The average molecular weight is 655 g/mol. The number of carboxylic acid groups (broad SMARTS) is 3. The molecule has 0 amide bonds. The second-order valence-corrected chi connectivity index (χ2v) is 8.79. The van der Waals surface area contributed by atoms with E-state index in [0.29, 0.717) is 70.3 Å². The molecule has 1 aliphatic rings. The molecule has 0 aromatic carbocycles. The van der Waals surface area contributed by atoms with Gasteiger partial charge in [-0.15, -0.1) is 5.10 Å². The molecule has 1 radical (unpaired) electrons. The Morgan fingerprint density at radius 3 is 1.58 bits per heavy atom. The first kappa shape index (κ1) is 31.8. The molecule has 1 saturated heterocycles. The van der Waals surface area contributed by atoms with Crippen LogP contribution in [0.4, 0.5) is 0 Å². The predicted octanol–water partition coefficient (Wildman–Crippen LogP) is -1.09. The molecule has 0 bridgehead atoms. The molecule has 0 atom stereocenters. The van der Waals surface area contributed by atoms with Crippen molar-refractivity contribution < 1.29 is 65.3 Å². The Bertz CT molecular complexity index is 1020. The number of carboxylic acids is 3. The molecular formula is C23H32LaN8O6. The fourth-order valence-electron chi connectivity index (χ4n) is 4.10. The summed E-state index contributed by atoms with van der Waals surface area (Å²) in [6.45, 7) is 3.36. The summed E-state index contributed by atoms with van der Waals surface area (Å²) in [4.78, 5) is 50.5. The third-order valence-corrected chi connectivity index (χ3v) is 5.96. The van der Waals surface area contributed by atoms with Crippen molar-refractivity contribution in [2.75, 3.05) is 72.0 Å². The molecule has 1 fully saturated rings. The Kier molecular flexibility index (Phi) is 13.9. The van der Waals surface area contributed by atoms with Gasteiger partial charge in [0.2, 0.25) is 0 Å². The third kappa shape index (κ3) is 11.6. The molecule has 0 aliphatic carbocycles. The molecule has 0 unspecified atom stereocenters. The van der Waals surface area contributed by atoms with Crippen LogP contribution in [0.15, 0.2) is 30.7 Å². The van der Waals surface area contributed by atoms with E-state index in [2.05, 4.69) is 25.1 Å². The Balaban J connectivity index is 0.00000507. The molecule has 2 aromatic heterocycles. The molecule has 3 N–H and O–H groups in total. The van der Waals surface area contributed by atoms with E-state index in [0.717, 1.165) is 5.69 Å². The zero-order valence-corrected chi connectivity index (χ0v) is 24.7. The van der Waals surface area contributed by atoms with E-state index in [1.165, 1.54) is 12.5 Å². The molecule has 1 aliphatic heterocycles. The first-order valence-corrected chi connectivity index (χ1v) is 11.9. The number of hydrogen-bond acceptors (Lipinski definition) is 11. The molecule has 15 heteroatoms. The van der Waals surface area contributed by atoms with Gasteiger partial charge in [0.15, 0.2) is 0 Å². The van der Waals surface area contributed by atoms with Crippen molar-refractivity contribution in [2.45, 2.75) is 6.54 Å². The van der Waals surface area contributed by atoms with Crippen molar-refractivity contribution in [1.29, 1.82) is 0 Å². The van der Waals surface area contributed by atoms with Crippen molar-refractivity contribution in [3.63, 3.8) is 0 Å². The van der Waals surface area contributed by atoms with E-state index < -0.39 is 17.9 Å². The van der Waals surface area contributed by atoms with E-state index in [4.69, 9.17) is 0 Å². The first-order chi connectivity index (χ1) is 17.8.